The van der Waals surface area contributed by atoms with E-state index in [4.69, 9.17) is 4.74 Å². The fourth-order valence-electron chi connectivity index (χ4n) is 9.93. The summed E-state index contributed by atoms with van der Waals surface area (Å²) in [6.45, 7) is 19.1. The molecule has 2 atom stereocenters. The molecule has 1 aliphatic carbocycles. The molecule has 0 spiro atoms. The summed E-state index contributed by atoms with van der Waals surface area (Å²) in [5.41, 5.74) is 4.10. The van der Waals surface area contributed by atoms with Crippen LogP contribution in [-0.2, 0) is 4.79 Å². The minimum atomic E-state index is -1.09. The van der Waals surface area contributed by atoms with Gasteiger partial charge in [0.05, 0.1) is 23.2 Å². The third kappa shape index (κ3) is 8.50. The fraction of sp³-hybridized carbons (Fsp3) is 0.533. The molecule has 3 aromatic rings. The number of piperazine rings is 1. The van der Waals surface area contributed by atoms with Crippen LogP contribution < -0.4 is 30.5 Å². The van der Waals surface area contributed by atoms with Crippen molar-refractivity contribution in [3.63, 3.8) is 0 Å². The molecule has 308 valence electrons. The number of carbonyl (C=O) groups excluding carboxylic acids is 3. The number of rotatable bonds is 10. The van der Waals surface area contributed by atoms with Gasteiger partial charge in [-0.3, -0.25) is 19.3 Å². The number of ether oxygens (including phenoxy) is 1. The third-order valence-corrected chi connectivity index (χ3v) is 13.0. The zero-order chi connectivity index (χ0) is 41.4. The maximum absolute atomic E-state index is 13.5. The van der Waals surface area contributed by atoms with Crippen LogP contribution in [0.1, 0.15) is 90.8 Å². The number of benzene rings is 2. The number of nitrogens with zero attached hydrogens (tertiary/aromatic N) is 5. The largest absolute Gasteiger partial charge is 0.489 e. The van der Waals surface area contributed by atoms with Crippen molar-refractivity contribution in [3.05, 3.63) is 82.5 Å². The fourth-order valence-corrected chi connectivity index (χ4v) is 9.93. The van der Waals surface area contributed by atoms with Crippen molar-refractivity contribution < 1.29 is 24.2 Å². The van der Waals surface area contributed by atoms with Gasteiger partial charge in [0.15, 0.2) is 0 Å². The lowest BCUT2D eigenvalue weighted by Crippen LogP contribution is -2.74. The second-order valence-electron chi connectivity index (χ2n) is 17.9. The van der Waals surface area contributed by atoms with Crippen molar-refractivity contribution in [2.45, 2.75) is 91.6 Å². The van der Waals surface area contributed by atoms with Gasteiger partial charge >= 0.3 is 0 Å². The lowest BCUT2D eigenvalue weighted by atomic mass is 9.49. The average molecular weight is 791 g/mol. The summed E-state index contributed by atoms with van der Waals surface area (Å²) in [7, 11) is 0. The number of aliphatic hydroxyl groups is 1. The quantitative estimate of drug-likeness (QED) is 0.229. The number of aromatic nitrogens is 1. The predicted octanol–water partition coefficient (Wildman–Crippen LogP) is 4.55. The average Bonchev–Trinajstić information content (AvgIpc) is 3.20. The summed E-state index contributed by atoms with van der Waals surface area (Å²) < 4.78 is 6.55. The Labute approximate surface area is 342 Å². The van der Waals surface area contributed by atoms with Gasteiger partial charge in [-0.15, -0.1) is 0 Å². The van der Waals surface area contributed by atoms with Crippen LogP contribution in [0.25, 0.3) is 0 Å². The minimum absolute atomic E-state index is 0.0787. The van der Waals surface area contributed by atoms with Gasteiger partial charge in [-0.25, -0.2) is 4.98 Å². The first-order valence-electron chi connectivity index (χ1n) is 20.7. The van der Waals surface area contributed by atoms with E-state index in [1.54, 1.807) is 12.3 Å². The van der Waals surface area contributed by atoms with Gasteiger partial charge in [0.1, 0.15) is 23.9 Å². The van der Waals surface area contributed by atoms with Crippen LogP contribution in [0, 0.1) is 41.9 Å². The number of hydrogen-bond acceptors (Lipinski definition) is 10. The Balaban J connectivity index is 0.836. The first kappa shape index (κ1) is 41.0. The molecule has 2 aromatic carbocycles. The third-order valence-electron chi connectivity index (χ3n) is 13.0. The SMILES string of the molecule is Cc1cc(OC2C(C)(C)C(NC(=O)c3ccc(N4CCC(CN5CCN(c6ccc(C(=O)N[C@H]7CCC(=O)NC7O)cn6)CC5)CC4)cc3)C2(C)C)cc(C)c1C#N. The summed E-state index contributed by atoms with van der Waals surface area (Å²) in [5, 5.41) is 28.1. The molecule has 4 fully saturated rings. The standard InChI is InChI=1S/C45H58N8O5/c1-28-23-34(24-29(2)35(28)25-46)58-43-44(3,4)42(45(43,5)6)50-39(55)31-7-10-33(11-8-31)52-17-15-30(16-18-52)27-51-19-21-53(22-20-51)37-13-9-32(26-47-37)40(56)48-36-12-14-38(54)49-41(36)57/h7-11,13,23-24,26,30,36,41-43,57H,12,14-22,27H2,1-6H3,(H,48,56)(H,49,54)(H,50,55)/t36-,41?,42?,43?/m0/s1. The molecule has 4 N–H and O–H groups in total. The van der Waals surface area contributed by atoms with Crippen LogP contribution in [0.3, 0.4) is 0 Å². The van der Waals surface area contributed by atoms with E-state index in [2.05, 4.69) is 81.5 Å². The second-order valence-corrected chi connectivity index (χ2v) is 17.9. The maximum Gasteiger partial charge on any atom is 0.253 e. The van der Waals surface area contributed by atoms with E-state index >= 15 is 0 Å². The molecule has 13 nitrogen and oxygen atoms in total. The van der Waals surface area contributed by atoms with E-state index < -0.39 is 12.3 Å². The number of nitrogens with one attached hydrogen (secondary N) is 3. The first-order valence-corrected chi connectivity index (χ1v) is 20.7. The molecule has 1 saturated carbocycles. The normalized spacial score (nSPS) is 24.6. The van der Waals surface area contributed by atoms with Crippen LogP contribution in [-0.4, -0.2) is 103 Å². The van der Waals surface area contributed by atoms with Gasteiger partial charge in [0.2, 0.25) is 5.91 Å². The van der Waals surface area contributed by atoms with E-state index in [1.807, 2.05) is 44.2 Å². The number of aryl methyl sites for hydroxylation is 2. The molecule has 13 heteroatoms. The van der Waals surface area contributed by atoms with Gasteiger partial charge in [-0.1, -0.05) is 27.7 Å². The molecule has 4 aliphatic rings. The Bertz CT molecular complexity index is 1990. The molecule has 4 heterocycles. The Morgan fingerprint density at radius 2 is 1.50 bits per heavy atom. The van der Waals surface area contributed by atoms with Crippen molar-refractivity contribution in [2.75, 3.05) is 55.6 Å². The molecule has 1 aromatic heterocycles. The summed E-state index contributed by atoms with van der Waals surface area (Å²) in [5.74, 6) is 1.61. The van der Waals surface area contributed by atoms with Crippen molar-refractivity contribution in [3.8, 4) is 11.8 Å². The number of carbonyl (C=O) groups is 3. The lowest BCUT2D eigenvalue weighted by molar-refractivity contribution is -0.164. The number of anilines is 2. The van der Waals surface area contributed by atoms with Gasteiger partial charge in [0.25, 0.3) is 11.8 Å². The summed E-state index contributed by atoms with van der Waals surface area (Å²) in [6.07, 6.45) is 3.27. The summed E-state index contributed by atoms with van der Waals surface area (Å²) in [4.78, 5) is 49.5. The van der Waals surface area contributed by atoms with Crippen LogP contribution >= 0.6 is 0 Å². The van der Waals surface area contributed by atoms with E-state index in [0.717, 1.165) is 87.0 Å². The van der Waals surface area contributed by atoms with Crippen LogP contribution in [0.5, 0.6) is 5.75 Å². The smallest absolute Gasteiger partial charge is 0.253 e. The number of amides is 3. The molecular formula is C45H58N8O5. The van der Waals surface area contributed by atoms with Gasteiger partial charge in [0, 0.05) is 86.6 Å². The van der Waals surface area contributed by atoms with Crippen molar-refractivity contribution >= 4 is 29.2 Å². The van der Waals surface area contributed by atoms with E-state index in [9.17, 15) is 24.8 Å². The Morgan fingerprint density at radius 1 is 0.879 bits per heavy atom. The van der Waals surface area contributed by atoms with Gasteiger partial charge in [-0.2, -0.15) is 5.26 Å². The van der Waals surface area contributed by atoms with Crippen LogP contribution in [0.15, 0.2) is 54.7 Å². The minimum Gasteiger partial charge on any atom is -0.489 e. The topological polar surface area (TPSA) is 163 Å². The van der Waals surface area contributed by atoms with Crippen molar-refractivity contribution in [1.29, 1.82) is 5.26 Å². The number of aliphatic hydroxyl groups excluding tert-OH is 1. The molecule has 0 bridgehead atoms. The highest BCUT2D eigenvalue weighted by Gasteiger charge is 2.64. The monoisotopic (exact) mass is 790 g/mol. The summed E-state index contributed by atoms with van der Waals surface area (Å²) in [6, 6.07) is 17.2. The second kappa shape index (κ2) is 16.6. The molecule has 1 unspecified atom stereocenters. The van der Waals surface area contributed by atoms with Gasteiger partial charge < -0.3 is 35.6 Å². The molecule has 3 amide bonds. The Morgan fingerprint density at radius 3 is 2.09 bits per heavy atom. The number of pyridine rings is 1. The van der Waals surface area contributed by atoms with E-state index in [1.165, 1.54) is 0 Å². The van der Waals surface area contributed by atoms with Crippen LogP contribution in [0.4, 0.5) is 11.5 Å². The Hall–Kier alpha value is -5.19. The van der Waals surface area contributed by atoms with Crippen molar-refractivity contribution in [1.82, 2.24) is 25.8 Å². The maximum atomic E-state index is 13.5. The highest BCUT2D eigenvalue weighted by Crippen LogP contribution is 2.55. The zero-order valence-electron chi connectivity index (χ0n) is 34.7. The number of hydrogen-bond donors (Lipinski definition) is 4. The molecule has 58 heavy (non-hydrogen) atoms. The highest BCUT2D eigenvalue weighted by atomic mass is 16.5. The van der Waals surface area contributed by atoms with Gasteiger partial charge in [-0.05, 0) is 98.7 Å². The number of piperidine rings is 2. The number of nitriles is 1. The molecule has 3 saturated heterocycles. The molecule has 0 radical (unpaired) electrons. The Kier molecular flexibility index (Phi) is 11.7. The first-order chi connectivity index (χ1) is 27.6. The predicted molar refractivity (Wildman–Crippen MR) is 223 cm³/mol. The summed E-state index contributed by atoms with van der Waals surface area (Å²) >= 11 is 0. The lowest BCUT2D eigenvalue weighted by Gasteiger charge is -2.63. The highest BCUT2D eigenvalue weighted by molar-refractivity contribution is 5.95. The zero-order valence-corrected chi connectivity index (χ0v) is 34.7. The molecule has 3 aliphatic heterocycles. The molecule has 7 rings (SSSR count). The van der Waals surface area contributed by atoms with Crippen molar-refractivity contribution in [2.24, 2.45) is 16.7 Å². The molecular weight excluding hydrogens is 733 g/mol. The van der Waals surface area contributed by atoms with Crippen LogP contribution in [0.2, 0.25) is 0 Å². The van der Waals surface area contributed by atoms with E-state index in [-0.39, 0.29) is 47.1 Å². The van der Waals surface area contributed by atoms with E-state index in [0.29, 0.717) is 29.0 Å².